The number of nitrogens with zero attached hydrogens (tertiary/aromatic N) is 2. The Labute approximate surface area is 114 Å². The van der Waals surface area contributed by atoms with Crippen LogP contribution in [-0.2, 0) is 6.54 Å². The molecule has 3 rings (SSSR count). The van der Waals surface area contributed by atoms with E-state index < -0.39 is 5.97 Å². The van der Waals surface area contributed by atoms with Gasteiger partial charge >= 0.3 is 5.97 Å². The molecule has 0 fully saturated rings. The molecule has 0 unspecified atom stereocenters. The summed E-state index contributed by atoms with van der Waals surface area (Å²) in [6, 6.07) is 5.29. The molecule has 0 spiro atoms. The van der Waals surface area contributed by atoms with Crippen molar-refractivity contribution in [3.8, 4) is 0 Å². The van der Waals surface area contributed by atoms with Crippen LogP contribution >= 0.6 is 11.6 Å². The first-order valence-corrected chi connectivity index (χ1v) is 6.32. The third kappa shape index (κ3) is 2.06. The van der Waals surface area contributed by atoms with Crippen LogP contribution in [0.25, 0.3) is 10.9 Å². The lowest BCUT2D eigenvalue weighted by Crippen LogP contribution is -2.23. The summed E-state index contributed by atoms with van der Waals surface area (Å²) >= 11 is 6.19. The number of para-hydroxylation sites is 1. The van der Waals surface area contributed by atoms with Gasteiger partial charge in [-0.1, -0.05) is 23.7 Å². The van der Waals surface area contributed by atoms with E-state index in [-0.39, 0.29) is 5.56 Å². The number of aliphatic imine (C=N–C) groups is 1. The Morgan fingerprint density at radius 1 is 1.53 bits per heavy atom. The molecule has 1 aliphatic rings. The summed E-state index contributed by atoms with van der Waals surface area (Å²) in [6.45, 7) is 2.09. The third-order valence-electron chi connectivity index (χ3n) is 3.14. The fourth-order valence-corrected chi connectivity index (χ4v) is 2.61. The highest BCUT2D eigenvalue weighted by Gasteiger charge is 2.17. The second-order valence-electron chi connectivity index (χ2n) is 4.37. The highest BCUT2D eigenvalue weighted by atomic mass is 35.5. The molecule has 6 heteroatoms. The third-order valence-corrected chi connectivity index (χ3v) is 3.45. The largest absolute Gasteiger partial charge is 0.478 e. The van der Waals surface area contributed by atoms with Gasteiger partial charge in [0.1, 0.15) is 5.84 Å². The number of rotatable bonds is 3. The minimum atomic E-state index is -0.952. The number of aromatic carboxylic acids is 1. The Morgan fingerprint density at radius 2 is 2.37 bits per heavy atom. The van der Waals surface area contributed by atoms with Gasteiger partial charge in [-0.2, -0.15) is 0 Å². The van der Waals surface area contributed by atoms with Crippen molar-refractivity contribution >= 4 is 34.3 Å². The highest BCUT2D eigenvalue weighted by Crippen LogP contribution is 2.28. The van der Waals surface area contributed by atoms with Gasteiger partial charge in [-0.05, 0) is 6.07 Å². The van der Waals surface area contributed by atoms with Gasteiger partial charge in [-0.3, -0.25) is 4.99 Å². The number of halogens is 1. The van der Waals surface area contributed by atoms with Crippen molar-refractivity contribution in [2.45, 2.75) is 6.54 Å². The number of benzene rings is 1. The number of fused-ring (bicyclic) bond motifs is 1. The molecule has 19 heavy (non-hydrogen) atoms. The summed E-state index contributed by atoms with van der Waals surface area (Å²) in [4.78, 5) is 15.6. The standard InChI is InChI=1S/C13H12ClN3O2/c14-10-3-1-2-8-9(13(18)19)6-17(12(8)10)7-11-15-4-5-16-11/h1-3,6H,4-5,7H2,(H,15,16)(H,18,19). The first kappa shape index (κ1) is 12.0. The minimum absolute atomic E-state index is 0.260. The number of nitrogens with one attached hydrogen (secondary N) is 1. The summed E-state index contributed by atoms with van der Waals surface area (Å²) in [5, 5.41) is 13.6. The molecule has 1 aliphatic heterocycles. The van der Waals surface area contributed by atoms with Crippen LogP contribution in [0.1, 0.15) is 10.4 Å². The van der Waals surface area contributed by atoms with Gasteiger partial charge in [-0.15, -0.1) is 0 Å². The minimum Gasteiger partial charge on any atom is -0.478 e. The molecule has 0 saturated carbocycles. The van der Waals surface area contributed by atoms with E-state index in [1.54, 1.807) is 24.4 Å². The first-order valence-electron chi connectivity index (χ1n) is 5.94. The Morgan fingerprint density at radius 3 is 3.05 bits per heavy atom. The summed E-state index contributed by atoms with van der Waals surface area (Å²) in [5.74, 6) is -0.0962. The number of carbonyl (C=O) groups is 1. The number of amidine groups is 1. The van der Waals surface area contributed by atoms with Crippen LogP contribution in [0.5, 0.6) is 0 Å². The lowest BCUT2D eigenvalue weighted by Gasteiger charge is -2.06. The van der Waals surface area contributed by atoms with Gasteiger partial charge in [0.2, 0.25) is 0 Å². The van der Waals surface area contributed by atoms with Crippen LogP contribution in [0.2, 0.25) is 5.02 Å². The quantitative estimate of drug-likeness (QED) is 0.902. The summed E-state index contributed by atoms with van der Waals surface area (Å²) in [7, 11) is 0. The second kappa shape index (κ2) is 4.59. The SMILES string of the molecule is O=C(O)c1cn(CC2=NCCN2)c2c(Cl)cccc12. The topological polar surface area (TPSA) is 66.6 Å². The summed E-state index contributed by atoms with van der Waals surface area (Å²) in [5.41, 5.74) is 0.995. The van der Waals surface area contributed by atoms with Crippen molar-refractivity contribution in [1.29, 1.82) is 0 Å². The molecule has 98 valence electrons. The van der Waals surface area contributed by atoms with Gasteiger partial charge in [0.15, 0.2) is 0 Å². The number of aromatic nitrogens is 1. The molecule has 1 aromatic heterocycles. The molecule has 5 nitrogen and oxygen atoms in total. The lowest BCUT2D eigenvalue weighted by molar-refractivity contribution is 0.0699. The number of hydrogen-bond donors (Lipinski definition) is 2. The molecule has 0 atom stereocenters. The predicted octanol–water partition coefficient (Wildman–Crippen LogP) is 1.99. The van der Waals surface area contributed by atoms with E-state index in [0.29, 0.717) is 17.0 Å². The zero-order chi connectivity index (χ0) is 13.4. The van der Waals surface area contributed by atoms with Crippen molar-refractivity contribution in [3.05, 3.63) is 35.0 Å². The van der Waals surface area contributed by atoms with Gasteiger partial charge in [0.25, 0.3) is 0 Å². The Kier molecular flexibility index (Phi) is 2.91. The lowest BCUT2D eigenvalue weighted by atomic mass is 10.2. The van der Waals surface area contributed by atoms with E-state index in [4.69, 9.17) is 11.6 Å². The van der Waals surface area contributed by atoms with Crippen LogP contribution in [0, 0.1) is 0 Å². The smallest absolute Gasteiger partial charge is 0.337 e. The number of carboxylic acid groups (broad SMARTS) is 1. The molecule has 2 aromatic rings. The fourth-order valence-electron chi connectivity index (χ4n) is 2.32. The maximum absolute atomic E-state index is 11.3. The number of carboxylic acids is 1. The van der Waals surface area contributed by atoms with Crippen LogP contribution in [0.3, 0.4) is 0 Å². The van der Waals surface area contributed by atoms with Crippen molar-refractivity contribution < 1.29 is 9.90 Å². The molecule has 0 aliphatic carbocycles. The van der Waals surface area contributed by atoms with Crippen molar-refractivity contribution in [3.63, 3.8) is 0 Å². The zero-order valence-corrected chi connectivity index (χ0v) is 10.8. The van der Waals surface area contributed by atoms with E-state index in [0.717, 1.165) is 24.4 Å². The van der Waals surface area contributed by atoms with Crippen molar-refractivity contribution in [2.75, 3.05) is 13.1 Å². The first-order chi connectivity index (χ1) is 9.16. The van der Waals surface area contributed by atoms with Crippen LogP contribution in [0.15, 0.2) is 29.4 Å². The van der Waals surface area contributed by atoms with E-state index in [2.05, 4.69) is 10.3 Å². The Balaban J connectivity index is 2.15. The zero-order valence-electron chi connectivity index (χ0n) is 10.1. The van der Waals surface area contributed by atoms with Crippen LogP contribution in [-0.4, -0.2) is 34.6 Å². The van der Waals surface area contributed by atoms with Gasteiger partial charge < -0.3 is 15.0 Å². The predicted molar refractivity (Wildman–Crippen MR) is 74.2 cm³/mol. The molecular weight excluding hydrogens is 266 g/mol. The normalized spacial score (nSPS) is 14.5. The van der Waals surface area contributed by atoms with Crippen LogP contribution in [0.4, 0.5) is 0 Å². The van der Waals surface area contributed by atoms with E-state index >= 15 is 0 Å². The number of hydrogen-bond acceptors (Lipinski definition) is 3. The maximum atomic E-state index is 11.3. The summed E-state index contributed by atoms with van der Waals surface area (Å²) < 4.78 is 1.83. The molecule has 0 radical (unpaired) electrons. The van der Waals surface area contributed by atoms with Crippen molar-refractivity contribution in [2.24, 2.45) is 4.99 Å². The highest BCUT2D eigenvalue weighted by molar-refractivity contribution is 6.35. The van der Waals surface area contributed by atoms with E-state index in [1.165, 1.54) is 0 Å². The second-order valence-corrected chi connectivity index (χ2v) is 4.77. The molecule has 0 amide bonds. The average molecular weight is 278 g/mol. The van der Waals surface area contributed by atoms with Crippen LogP contribution < -0.4 is 5.32 Å². The Bertz CT molecular complexity index is 690. The van der Waals surface area contributed by atoms with E-state index in [1.807, 2.05) is 4.57 Å². The monoisotopic (exact) mass is 277 g/mol. The van der Waals surface area contributed by atoms with Gasteiger partial charge in [0.05, 0.1) is 29.2 Å². The van der Waals surface area contributed by atoms with E-state index in [9.17, 15) is 9.90 Å². The molecule has 2 heterocycles. The molecule has 2 N–H and O–H groups in total. The average Bonchev–Trinajstić information content (AvgIpc) is 2.98. The maximum Gasteiger partial charge on any atom is 0.337 e. The molecule has 0 saturated heterocycles. The molecular formula is C13H12ClN3O2. The molecule has 1 aromatic carbocycles. The van der Waals surface area contributed by atoms with Gasteiger partial charge in [0, 0.05) is 18.1 Å². The Hall–Kier alpha value is -2.01. The van der Waals surface area contributed by atoms with Gasteiger partial charge in [-0.25, -0.2) is 4.79 Å². The van der Waals surface area contributed by atoms with Crippen molar-refractivity contribution in [1.82, 2.24) is 9.88 Å². The molecule has 0 bridgehead atoms. The fraction of sp³-hybridized carbons (Fsp3) is 0.231. The summed E-state index contributed by atoms with van der Waals surface area (Å²) in [6.07, 6.45) is 1.61.